The minimum absolute atomic E-state index is 0.313. The van der Waals surface area contributed by atoms with Gasteiger partial charge in [-0.05, 0) is 42.1 Å². The highest BCUT2D eigenvalue weighted by molar-refractivity contribution is 6.30. The summed E-state index contributed by atoms with van der Waals surface area (Å²) in [5.74, 6) is 1.17. The number of ether oxygens (including phenoxy) is 1. The van der Waals surface area contributed by atoms with Crippen molar-refractivity contribution in [3.8, 4) is 5.75 Å². The molecule has 0 spiro atoms. The lowest BCUT2D eigenvalue weighted by atomic mass is 9.93. The van der Waals surface area contributed by atoms with Crippen LogP contribution in [-0.4, -0.2) is 13.7 Å². The zero-order valence-electron chi connectivity index (χ0n) is 9.51. The standard InChI is InChI=1S/C12H18ClNO/c1-4-10-11(8(2)7-14)5-9(13)6-12(10)15-3/h5-6,8H,4,7,14H2,1-3H3. The number of benzene rings is 1. The summed E-state index contributed by atoms with van der Waals surface area (Å²) in [4.78, 5) is 0. The maximum absolute atomic E-state index is 6.04. The molecule has 0 aliphatic heterocycles. The van der Waals surface area contributed by atoms with E-state index in [9.17, 15) is 0 Å². The molecule has 0 aliphatic rings. The van der Waals surface area contributed by atoms with E-state index >= 15 is 0 Å². The van der Waals surface area contributed by atoms with Crippen LogP contribution in [0.15, 0.2) is 12.1 Å². The van der Waals surface area contributed by atoms with Crippen LogP contribution in [0.4, 0.5) is 0 Å². The zero-order valence-corrected chi connectivity index (χ0v) is 10.3. The zero-order chi connectivity index (χ0) is 11.4. The summed E-state index contributed by atoms with van der Waals surface area (Å²) in [6, 6.07) is 3.84. The average Bonchev–Trinajstić information content (AvgIpc) is 2.26. The molecule has 0 fully saturated rings. The minimum Gasteiger partial charge on any atom is -0.496 e. The predicted octanol–water partition coefficient (Wildman–Crippen LogP) is 2.97. The lowest BCUT2D eigenvalue weighted by Gasteiger charge is -2.17. The number of halogens is 1. The van der Waals surface area contributed by atoms with Crippen LogP contribution < -0.4 is 10.5 Å². The van der Waals surface area contributed by atoms with Crippen molar-refractivity contribution in [2.45, 2.75) is 26.2 Å². The number of nitrogens with two attached hydrogens (primary N) is 1. The second-order valence-corrected chi connectivity index (χ2v) is 4.10. The second kappa shape index (κ2) is 5.38. The van der Waals surface area contributed by atoms with Crippen molar-refractivity contribution in [3.63, 3.8) is 0 Å². The van der Waals surface area contributed by atoms with Crippen molar-refractivity contribution in [1.29, 1.82) is 0 Å². The topological polar surface area (TPSA) is 35.2 Å². The van der Waals surface area contributed by atoms with Gasteiger partial charge in [-0.2, -0.15) is 0 Å². The van der Waals surface area contributed by atoms with Crippen molar-refractivity contribution in [2.24, 2.45) is 5.73 Å². The molecule has 0 aliphatic carbocycles. The number of rotatable bonds is 4. The highest BCUT2D eigenvalue weighted by atomic mass is 35.5. The Balaban J connectivity index is 3.28. The first kappa shape index (κ1) is 12.3. The normalized spacial score (nSPS) is 12.6. The first-order valence-electron chi connectivity index (χ1n) is 5.20. The molecule has 2 N–H and O–H groups in total. The van der Waals surface area contributed by atoms with Crippen LogP contribution in [0, 0.1) is 0 Å². The summed E-state index contributed by atoms with van der Waals surface area (Å²) in [5.41, 5.74) is 8.09. The molecule has 2 nitrogen and oxygen atoms in total. The maximum atomic E-state index is 6.04. The quantitative estimate of drug-likeness (QED) is 0.859. The Morgan fingerprint density at radius 2 is 2.13 bits per heavy atom. The van der Waals surface area contributed by atoms with Crippen molar-refractivity contribution in [3.05, 3.63) is 28.3 Å². The van der Waals surface area contributed by atoms with Crippen LogP contribution >= 0.6 is 11.6 Å². The van der Waals surface area contributed by atoms with E-state index in [0.29, 0.717) is 17.5 Å². The fraction of sp³-hybridized carbons (Fsp3) is 0.500. The van der Waals surface area contributed by atoms with Crippen LogP contribution in [-0.2, 0) is 6.42 Å². The third-order valence-corrected chi connectivity index (χ3v) is 2.88. The molecule has 1 aromatic rings. The van der Waals surface area contributed by atoms with Gasteiger partial charge in [0.1, 0.15) is 5.75 Å². The molecule has 0 radical (unpaired) electrons. The van der Waals surface area contributed by atoms with E-state index in [1.165, 1.54) is 11.1 Å². The first-order chi connectivity index (χ1) is 7.13. The van der Waals surface area contributed by atoms with Crippen molar-refractivity contribution < 1.29 is 4.74 Å². The Morgan fingerprint density at radius 3 is 2.60 bits per heavy atom. The van der Waals surface area contributed by atoms with E-state index in [2.05, 4.69) is 13.8 Å². The Hall–Kier alpha value is -0.730. The molecule has 0 bridgehead atoms. The van der Waals surface area contributed by atoms with Crippen LogP contribution in [0.2, 0.25) is 5.02 Å². The molecule has 0 aromatic heterocycles. The molecule has 1 unspecified atom stereocenters. The smallest absolute Gasteiger partial charge is 0.123 e. The fourth-order valence-corrected chi connectivity index (χ4v) is 1.98. The van der Waals surface area contributed by atoms with Gasteiger partial charge in [0.2, 0.25) is 0 Å². The van der Waals surface area contributed by atoms with Crippen LogP contribution in [0.1, 0.15) is 30.9 Å². The molecule has 0 amide bonds. The van der Waals surface area contributed by atoms with E-state index in [4.69, 9.17) is 22.1 Å². The lowest BCUT2D eigenvalue weighted by Crippen LogP contribution is -2.11. The highest BCUT2D eigenvalue weighted by Crippen LogP contribution is 2.31. The summed E-state index contributed by atoms with van der Waals surface area (Å²) >= 11 is 6.04. The van der Waals surface area contributed by atoms with Gasteiger partial charge >= 0.3 is 0 Å². The van der Waals surface area contributed by atoms with Gasteiger partial charge in [-0.25, -0.2) is 0 Å². The van der Waals surface area contributed by atoms with Gasteiger partial charge in [0, 0.05) is 5.02 Å². The molecule has 1 rings (SSSR count). The molecule has 0 saturated heterocycles. The third-order valence-electron chi connectivity index (χ3n) is 2.67. The molecular weight excluding hydrogens is 210 g/mol. The van der Waals surface area contributed by atoms with E-state index in [0.717, 1.165) is 12.2 Å². The summed E-state index contributed by atoms with van der Waals surface area (Å²) in [6.45, 7) is 4.83. The van der Waals surface area contributed by atoms with Gasteiger partial charge < -0.3 is 10.5 Å². The largest absolute Gasteiger partial charge is 0.496 e. The van der Waals surface area contributed by atoms with Gasteiger partial charge in [0.05, 0.1) is 7.11 Å². The summed E-state index contributed by atoms with van der Waals surface area (Å²) < 4.78 is 5.33. The highest BCUT2D eigenvalue weighted by Gasteiger charge is 2.13. The van der Waals surface area contributed by atoms with Crippen LogP contribution in [0.25, 0.3) is 0 Å². The van der Waals surface area contributed by atoms with Crippen molar-refractivity contribution >= 4 is 11.6 Å². The summed E-state index contributed by atoms with van der Waals surface area (Å²) in [6.07, 6.45) is 0.931. The fourth-order valence-electron chi connectivity index (χ4n) is 1.76. The number of hydrogen-bond donors (Lipinski definition) is 1. The number of methoxy groups -OCH3 is 1. The van der Waals surface area contributed by atoms with Crippen molar-refractivity contribution in [2.75, 3.05) is 13.7 Å². The molecule has 1 atom stereocenters. The summed E-state index contributed by atoms with van der Waals surface area (Å²) in [5, 5.41) is 0.708. The van der Waals surface area contributed by atoms with E-state index in [1.54, 1.807) is 7.11 Å². The van der Waals surface area contributed by atoms with Gasteiger partial charge in [-0.15, -0.1) is 0 Å². The van der Waals surface area contributed by atoms with Crippen LogP contribution in [0.3, 0.4) is 0 Å². The van der Waals surface area contributed by atoms with E-state index in [-0.39, 0.29) is 0 Å². The molecule has 15 heavy (non-hydrogen) atoms. The maximum Gasteiger partial charge on any atom is 0.123 e. The Labute approximate surface area is 96.4 Å². The molecule has 0 heterocycles. The molecule has 1 aromatic carbocycles. The third kappa shape index (κ3) is 2.64. The van der Waals surface area contributed by atoms with Gasteiger partial charge in [0.25, 0.3) is 0 Å². The second-order valence-electron chi connectivity index (χ2n) is 3.67. The van der Waals surface area contributed by atoms with E-state index in [1.807, 2.05) is 12.1 Å². The average molecular weight is 228 g/mol. The predicted molar refractivity (Wildman–Crippen MR) is 64.9 cm³/mol. The Bertz CT molecular complexity index is 339. The molecule has 84 valence electrons. The molecular formula is C12H18ClNO. The van der Waals surface area contributed by atoms with E-state index < -0.39 is 0 Å². The monoisotopic (exact) mass is 227 g/mol. The number of hydrogen-bond acceptors (Lipinski definition) is 2. The van der Waals surface area contributed by atoms with Crippen molar-refractivity contribution in [1.82, 2.24) is 0 Å². The SMILES string of the molecule is CCc1c(OC)cc(Cl)cc1C(C)CN. The molecule has 3 heteroatoms. The molecule has 0 saturated carbocycles. The minimum atomic E-state index is 0.313. The van der Waals surface area contributed by atoms with Gasteiger partial charge in [-0.3, -0.25) is 0 Å². The van der Waals surface area contributed by atoms with Gasteiger partial charge in [-0.1, -0.05) is 25.4 Å². The Kier molecular flexibility index (Phi) is 4.43. The summed E-state index contributed by atoms with van der Waals surface area (Å²) in [7, 11) is 1.67. The van der Waals surface area contributed by atoms with Crippen LogP contribution in [0.5, 0.6) is 5.75 Å². The lowest BCUT2D eigenvalue weighted by molar-refractivity contribution is 0.409. The first-order valence-corrected chi connectivity index (χ1v) is 5.58. The Morgan fingerprint density at radius 1 is 1.47 bits per heavy atom. The van der Waals surface area contributed by atoms with Gasteiger partial charge in [0.15, 0.2) is 0 Å².